The van der Waals surface area contributed by atoms with Gasteiger partial charge in [-0.1, -0.05) is 18.6 Å². The number of fused-ring (bicyclic) bond motifs is 2. The normalized spacial score (nSPS) is 31.8. The molecular weight excluding hydrogens is 225 g/mol. The van der Waals surface area contributed by atoms with Crippen molar-refractivity contribution in [3.8, 4) is 0 Å². The molecule has 1 aromatic rings. The van der Waals surface area contributed by atoms with E-state index in [1.165, 1.54) is 31.7 Å². The zero-order valence-corrected chi connectivity index (χ0v) is 10.8. The Morgan fingerprint density at radius 2 is 2.17 bits per heavy atom. The van der Waals surface area contributed by atoms with Gasteiger partial charge >= 0.3 is 0 Å². The molecule has 2 aliphatic carbocycles. The largest absolute Gasteiger partial charge is 0.330 e. The molecule has 4 unspecified atom stereocenters. The van der Waals surface area contributed by atoms with E-state index >= 15 is 0 Å². The van der Waals surface area contributed by atoms with E-state index in [4.69, 9.17) is 5.73 Å². The van der Waals surface area contributed by atoms with Crippen LogP contribution < -0.4 is 5.73 Å². The highest BCUT2D eigenvalue weighted by atomic mass is 19.1. The van der Waals surface area contributed by atoms with Crippen molar-refractivity contribution in [2.75, 3.05) is 6.54 Å². The van der Waals surface area contributed by atoms with Gasteiger partial charge in [-0.3, -0.25) is 0 Å². The molecule has 18 heavy (non-hydrogen) atoms. The van der Waals surface area contributed by atoms with Crippen molar-refractivity contribution in [2.24, 2.45) is 23.5 Å². The van der Waals surface area contributed by atoms with Crippen LogP contribution in [0.25, 0.3) is 0 Å². The molecule has 0 heterocycles. The van der Waals surface area contributed by atoms with Crippen molar-refractivity contribution < 1.29 is 4.39 Å². The SMILES string of the molecule is NCC(CC1CC2CCC1C2)c1cccc(F)c1. The summed E-state index contributed by atoms with van der Waals surface area (Å²) >= 11 is 0. The van der Waals surface area contributed by atoms with E-state index in [1.54, 1.807) is 12.1 Å². The first-order chi connectivity index (χ1) is 8.76. The Hall–Kier alpha value is -0.890. The Labute approximate surface area is 109 Å². The Morgan fingerprint density at radius 1 is 1.28 bits per heavy atom. The molecule has 2 heteroatoms. The monoisotopic (exact) mass is 247 g/mol. The average molecular weight is 247 g/mol. The van der Waals surface area contributed by atoms with Gasteiger partial charge < -0.3 is 5.73 Å². The van der Waals surface area contributed by atoms with E-state index in [9.17, 15) is 4.39 Å². The summed E-state index contributed by atoms with van der Waals surface area (Å²) in [6.45, 7) is 0.636. The number of benzene rings is 1. The summed E-state index contributed by atoms with van der Waals surface area (Å²) in [7, 11) is 0. The molecule has 2 saturated carbocycles. The van der Waals surface area contributed by atoms with Crippen LogP contribution in [0.3, 0.4) is 0 Å². The summed E-state index contributed by atoms with van der Waals surface area (Å²) < 4.78 is 13.3. The molecule has 0 aromatic heterocycles. The van der Waals surface area contributed by atoms with Gasteiger partial charge in [0.2, 0.25) is 0 Å². The number of hydrogen-bond donors (Lipinski definition) is 1. The maximum Gasteiger partial charge on any atom is 0.123 e. The molecule has 2 aliphatic rings. The van der Waals surface area contributed by atoms with Crippen LogP contribution in [0.15, 0.2) is 24.3 Å². The van der Waals surface area contributed by atoms with Crippen molar-refractivity contribution in [1.82, 2.24) is 0 Å². The Balaban J connectivity index is 1.69. The van der Waals surface area contributed by atoms with Crippen molar-refractivity contribution in [3.63, 3.8) is 0 Å². The standard InChI is InChI=1S/C16H22FN/c17-16-3-1-2-12(9-16)15(10-18)8-14-7-11-4-5-13(14)6-11/h1-3,9,11,13-15H,4-8,10,18H2. The summed E-state index contributed by atoms with van der Waals surface area (Å²) in [5.74, 6) is 2.94. The third kappa shape index (κ3) is 2.31. The second-order valence-electron chi connectivity index (χ2n) is 6.16. The van der Waals surface area contributed by atoms with Gasteiger partial charge in [-0.2, -0.15) is 0 Å². The third-order valence-electron chi connectivity index (χ3n) is 5.08. The second-order valence-corrected chi connectivity index (χ2v) is 6.16. The van der Waals surface area contributed by atoms with Gasteiger partial charge in [-0.25, -0.2) is 4.39 Å². The van der Waals surface area contributed by atoms with Crippen molar-refractivity contribution >= 4 is 0 Å². The van der Waals surface area contributed by atoms with Crippen molar-refractivity contribution in [3.05, 3.63) is 35.6 Å². The lowest BCUT2D eigenvalue weighted by atomic mass is 9.80. The third-order valence-corrected chi connectivity index (χ3v) is 5.08. The highest BCUT2D eigenvalue weighted by Gasteiger charge is 2.40. The lowest BCUT2D eigenvalue weighted by Gasteiger charge is -2.26. The summed E-state index contributed by atoms with van der Waals surface area (Å²) in [6, 6.07) is 6.99. The molecular formula is C16H22FN. The zero-order valence-electron chi connectivity index (χ0n) is 10.8. The maximum absolute atomic E-state index is 13.3. The van der Waals surface area contributed by atoms with Gasteiger partial charge in [-0.05, 0) is 73.6 Å². The summed E-state index contributed by atoms with van der Waals surface area (Å²) in [4.78, 5) is 0. The molecule has 4 atom stereocenters. The molecule has 2 bridgehead atoms. The fraction of sp³-hybridized carbons (Fsp3) is 0.625. The average Bonchev–Trinajstić information content (AvgIpc) is 2.98. The zero-order chi connectivity index (χ0) is 12.5. The highest BCUT2D eigenvalue weighted by molar-refractivity contribution is 5.21. The Morgan fingerprint density at radius 3 is 2.78 bits per heavy atom. The minimum absolute atomic E-state index is 0.140. The lowest BCUT2D eigenvalue weighted by Crippen LogP contribution is -2.20. The number of hydrogen-bond acceptors (Lipinski definition) is 1. The van der Waals surface area contributed by atoms with Crippen LogP contribution in [0.4, 0.5) is 4.39 Å². The van der Waals surface area contributed by atoms with Crippen LogP contribution in [-0.4, -0.2) is 6.54 Å². The van der Waals surface area contributed by atoms with E-state index in [1.807, 2.05) is 6.07 Å². The minimum Gasteiger partial charge on any atom is -0.330 e. The fourth-order valence-corrected chi connectivity index (χ4v) is 4.16. The first kappa shape index (κ1) is 12.2. The molecule has 0 spiro atoms. The van der Waals surface area contributed by atoms with Crippen LogP contribution in [0.2, 0.25) is 0 Å². The van der Waals surface area contributed by atoms with Gasteiger partial charge in [0.25, 0.3) is 0 Å². The molecule has 2 fully saturated rings. The molecule has 3 rings (SSSR count). The summed E-state index contributed by atoms with van der Waals surface area (Å²) in [5, 5.41) is 0. The van der Waals surface area contributed by atoms with E-state index in [0.717, 1.165) is 29.7 Å². The van der Waals surface area contributed by atoms with Crippen LogP contribution in [0.1, 0.15) is 43.6 Å². The molecule has 0 saturated heterocycles. The molecule has 1 aromatic carbocycles. The van der Waals surface area contributed by atoms with Gasteiger partial charge in [0.05, 0.1) is 0 Å². The number of halogens is 1. The molecule has 0 aliphatic heterocycles. The second kappa shape index (κ2) is 5.00. The molecule has 0 amide bonds. The molecule has 1 nitrogen and oxygen atoms in total. The van der Waals surface area contributed by atoms with Gasteiger partial charge in [0.15, 0.2) is 0 Å². The van der Waals surface area contributed by atoms with Crippen molar-refractivity contribution in [1.29, 1.82) is 0 Å². The lowest BCUT2D eigenvalue weighted by molar-refractivity contribution is 0.295. The van der Waals surface area contributed by atoms with Crippen LogP contribution in [0.5, 0.6) is 0 Å². The number of rotatable bonds is 4. The van der Waals surface area contributed by atoms with Crippen molar-refractivity contribution in [2.45, 2.75) is 38.0 Å². The fourth-order valence-electron chi connectivity index (χ4n) is 4.16. The maximum atomic E-state index is 13.3. The van der Waals surface area contributed by atoms with Gasteiger partial charge in [0, 0.05) is 0 Å². The van der Waals surface area contributed by atoms with E-state index in [-0.39, 0.29) is 5.82 Å². The van der Waals surface area contributed by atoms with Gasteiger partial charge in [-0.15, -0.1) is 0 Å². The van der Waals surface area contributed by atoms with E-state index < -0.39 is 0 Å². The molecule has 98 valence electrons. The molecule has 0 radical (unpaired) electrons. The smallest absolute Gasteiger partial charge is 0.123 e. The van der Waals surface area contributed by atoms with Crippen LogP contribution >= 0.6 is 0 Å². The number of nitrogens with two attached hydrogens (primary N) is 1. The predicted molar refractivity (Wildman–Crippen MR) is 71.8 cm³/mol. The van der Waals surface area contributed by atoms with Crippen LogP contribution in [0, 0.1) is 23.6 Å². The topological polar surface area (TPSA) is 26.0 Å². The van der Waals surface area contributed by atoms with Gasteiger partial charge in [0.1, 0.15) is 5.82 Å². The highest BCUT2D eigenvalue weighted by Crippen LogP contribution is 2.51. The summed E-state index contributed by atoms with van der Waals surface area (Å²) in [6.07, 6.45) is 6.83. The predicted octanol–water partition coefficient (Wildman–Crippen LogP) is 3.69. The van der Waals surface area contributed by atoms with E-state index in [0.29, 0.717) is 12.5 Å². The Kier molecular flexibility index (Phi) is 3.38. The Bertz CT molecular complexity index is 417. The summed E-state index contributed by atoms with van der Waals surface area (Å²) in [5.41, 5.74) is 6.99. The minimum atomic E-state index is -0.140. The molecule has 2 N–H and O–H groups in total. The quantitative estimate of drug-likeness (QED) is 0.862. The first-order valence-corrected chi connectivity index (χ1v) is 7.21. The van der Waals surface area contributed by atoms with Crippen LogP contribution in [-0.2, 0) is 0 Å². The van der Waals surface area contributed by atoms with E-state index in [2.05, 4.69) is 0 Å². The first-order valence-electron chi connectivity index (χ1n) is 7.21.